The van der Waals surface area contributed by atoms with E-state index in [2.05, 4.69) is 181 Å². The van der Waals surface area contributed by atoms with Crippen molar-refractivity contribution in [3.05, 3.63) is 200 Å². The SMILES string of the molecule is c1ccc(-c2ccc3c(oc4ccccc43)c2N(c2ccc(-c3ccc(-c4ccc5ccccc5c4)cc3)cc2)c2ccc3c(c2)oc2ccccc23)cc1. The van der Waals surface area contributed by atoms with Crippen LogP contribution in [-0.2, 0) is 0 Å². The minimum Gasteiger partial charge on any atom is -0.456 e. The summed E-state index contributed by atoms with van der Waals surface area (Å²) >= 11 is 0. The van der Waals surface area contributed by atoms with Gasteiger partial charge in [0.05, 0.1) is 11.4 Å². The first-order valence-corrected chi connectivity index (χ1v) is 18.7. The topological polar surface area (TPSA) is 29.5 Å². The molecule has 258 valence electrons. The fourth-order valence-corrected chi connectivity index (χ4v) is 8.14. The molecule has 2 heterocycles. The highest BCUT2D eigenvalue weighted by Crippen LogP contribution is 2.48. The second-order valence-electron chi connectivity index (χ2n) is 14.1. The Hall–Kier alpha value is -7.36. The lowest BCUT2D eigenvalue weighted by Crippen LogP contribution is -2.11. The number of para-hydroxylation sites is 2. The molecule has 55 heavy (non-hydrogen) atoms. The van der Waals surface area contributed by atoms with E-state index in [1.807, 2.05) is 24.3 Å². The Labute approximate surface area is 317 Å². The Bertz CT molecular complexity index is 3190. The zero-order valence-corrected chi connectivity index (χ0v) is 29.8. The summed E-state index contributed by atoms with van der Waals surface area (Å²) in [6.45, 7) is 0. The number of benzene rings is 9. The first-order valence-electron chi connectivity index (χ1n) is 18.7. The summed E-state index contributed by atoms with van der Waals surface area (Å²) in [5.41, 5.74) is 13.3. The smallest absolute Gasteiger partial charge is 0.160 e. The molecular weight excluding hydrogens is 671 g/mol. The van der Waals surface area contributed by atoms with Crippen LogP contribution in [0.1, 0.15) is 0 Å². The van der Waals surface area contributed by atoms with Crippen molar-refractivity contribution in [2.75, 3.05) is 4.90 Å². The van der Waals surface area contributed by atoms with Gasteiger partial charge in [-0.1, -0.05) is 146 Å². The second-order valence-corrected chi connectivity index (χ2v) is 14.1. The van der Waals surface area contributed by atoms with E-state index in [0.29, 0.717) is 0 Å². The van der Waals surface area contributed by atoms with Crippen LogP contribution in [0.3, 0.4) is 0 Å². The molecule has 9 aromatic carbocycles. The summed E-state index contributed by atoms with van der Waals surface area (Å²) in [6.07, 6.45) is 0. The van der Waals surface area contributed by atoms with Gasteiger partial charge in [0.15, 0.2) is 5.58 Å². The summed E-state index contributed by atoms with van der Waals surface area (Å²) in [5, 5.41) is 6.86. The van der Waals surface area contributed by atoms with E-state index >= 15 is 0 Å². The van der Waals surface area contributed by atoms with E-state index in [0.717, 1.165) is 83.2 Å². The minimum absolute atomic E-state index is 0.834. The molecule has 0 spiro atoms. The van der Waals surface area contributed by atoms with Gasteiger partial charge in [0.25, 0.3) is 0 Å². The summed E-state index contributed by atoms with van der Waals surface area (Å²) in [6, 6.07) is 70.9. The molecule has 3 nitrogen and oxygen atoms in total. The maximum absolute atomic E-state index is 6.80. The van der Waals surface area contributed by atoms with Gasteiger partial charge in [0.2, 0.25) is 0 Å². The van der Waals surface area contributed by atoms with E-state index in [-0.39, 0.29) is 0 Å². The molecule has 0 radical (unpaired) electrons. The monoisotopic (exact) mass is 703 g/mol. The largest absolute Gasteiger partial charge is 0.456 e. The van der Waals surface area contributed by atoms with E-state index in [4.69, 9.17) is 8.83 Å². The van der Waals surface area contributed by atoms with Gasteiger partial charge in [-0.3, -0.25) is 0 Å². The fourth-order valence-electron chi connectivity index (χ4n) is 8.14. The third kappa shape index (κ3) is 5.28. The summed E-state index contributed by atoms with van der Waals surface area (Å²) in [7, 11) is 0. The van der Waals surface area contributed by atoms with E-state index in [1.165, 1.54) is 21.9 Å². The van der Waals surface area contributed by atoms with Crippen molar-refractivity contribution in [3.63, 3.8) is 0 Å². The molecule has 0 saturated heterocycles. The van der Waals surface area contributed by atoms with Crippen LogP contribution in [0, 0.1) is 0 Å². The molecule has 0 aliphatic heterocycles. The minimum atomic E-state index is 0.834. The average Bonchev–Trinajstić information content (AvgIpc) is 3.83. The zero-order valence-electron chi connectivity index (χ0n) is 29.8. The molecule has 0 atom stereocenters. The molecule has 0 fully saturated rings. The van der Waals surface area contributed by atoms with Gasteiger partial charge >= 0.3 is 0 Å². The van der Waals surface area contributed by atoms with Gasteiger partial charge in [-0.15, -0.1) is 0 Å². The van der Waals surface area contributed by atoms with Crippen LogP contribution in [0.5, 0.6) is 0 Å². The highest BCUT2D eigenvalue weighted by molar-refractivity contribution is 6.14. The molecule has 0 amide bonds. The first kappa shape index (κ1) is 31.2. The lowest BCUT2D eigenvalue weighted by atomic mass is 9.97. The standard InChI is InChI=1S/C52H33NO2/c1-2-11-38(12-3-1)43-30-31-47-45-15-7-9-17-49(45)55-52(47)51(43)53(42-28-29-46-44-14-6-8-16-48(44)54-50(46)33-42)41-26-24-36(25-27-41)35-18-20-37(21-19-35)40-23-22-34-10-4-5-13-39(34)32-40/h1-33H. The van der Waals surface area contributed by atoms with Crippen molar-refractivity contribution in [2.24, 2.45) is 0 Å². The van der Waals surface area contributed by atoms with Crippen molar-refractivity contribution in [1.82, 2.24) is 0 Å². The highest BCUT2D eigenvalue weighted by Gasteiger charge is 2.25. The Morgan fingerprint density at radius 2 is 0.855 bits per heavy atom. The summed E-state index contributed by atoms with van der Waals surface area (Å²) in [4.78, 5) is 2.33. The van der Waals surface area contributed by atoms with E-state index < -0.39 is 0 Å². The molecular formula is C52H33NO2. The van der Waals surface area contributed by atoms with Crippen LogP contribution < -0.4 is 4.90 Å². The number of nitrogens with zero attached hydrogens (tertiary/aromatic N) is 1. The lowest BCUT2D eigenvalue weighted by Gasteiger charge is -2.28. The quantitative estimate of drug-likeness (QED) is 0.173. The van der Waals surface area contributed by atoms with Gasteiger partial charge in [-0.05, 0) is 87.1 Å². The maximum atomic E-state index is 6.80. The predicted octanol–water partition coefficient (Wildman–Crippen LogP) is 15.1. The van der Waals surface area contributed by atoms with Gasteiger partial charge < -0.3 is 13.7 Å². The van der Waals surface area contributed by atoms with Crippen LogP contribution in [-0.4, -0.2) is 0 Å². The molecule has 0 unspecified atom stereocenters. The summed E-state index contributed by atoms with van der Waals surface area (Å²) < 4.78 is 13.3. The Morgan fingerprint density at radius 1 is 0.309 bits per heavy atom. The molecule has 11 rings (SSSR count). The van der Waals surface area contributed by atoms with Crippen molar-refractivity contribution in [3.8, 4) is 33.4 Å². The number of anilines is 3. The molecule has 0 aliphatic carbocycles. The Kier molecular flexibility index (Phi) is 7.17. The van der Waals surface area contributed by atoms with Crippen molar-refractivity contribution >= 4 is 71.7 Å². The zero-order chi connectivity index (χ0) is 36.3. The molecule has 0 N–H and O–H groups in total. The van der Waals surface area contributed by atoms with Gasteiger partial charge in [0, 0.05) is 38.9 Å². The predicted molar refractivity (Wildman–Crippen MR) is 229 cm³/mol. The number of rotatable bonds is 6. The van der Waals surface area contributed by atoms with Crippen molar-refractivity contribution < 1.29 is 8.83 Å². The first-order chi connectivity index (χ1) is 27.2. The number of furan rings is 2. The van der Waals surface area contributed by atoms with Gasteiger partial charge in [-0.2, -0.15) is 0 Å². The molecule has 3 heteroatoms. The van der Waals surface area contributed by atoms with Crippen LogP contribution in [0.25, 0.3) is 88.0 Å². The number of fused-ring (bicyclic) bond motifs is 7. The third-order valence-electron chi connectivity index (χ3n) is 10.9. The number of hydrogen-bond donors (Lipinski definition) is 0. The Balaban J connectivity index is 1.07. The molecule has 0 aliphatic rings. The van der Waals surface area contributed by atoms with Crippen molar-refractivity contribution in [1.29, 1.82) is 0 Å². The fraction of sp³-hybridized carbons (Fsp3) is 0. The highest BCUT2D eigenvalue weighted by atomic mass is 16.3. The third-order valence-corrected chi connectivity index (χ3v) is 10.9. The maximum Gasteiger partial charge on any atom is 0.160 e. The van der Waals surface area contributed by atoms with Crippen LogP contribution in [0.15, 0.2) is 209 Å². The average molecular weight is 704 g/mol. The number of hydrogen-bond acceptors (Lipinski definition) is 3. The van der Waals surface area contributed by atoms with E-state index in [1.54, 1.807) is 0 Å². The normalized spacial score (nSPS) is 11.6. The van der Waals surface area contributed by atoms with Crippen molar-refractivity contribution in [2.45, 2.75) is 0 Å². The van der Waals surface area contributed by atoms with Crippen LogP contribution >= 0.6 is 0 Å². The van der Waals surface area contributed by atoms with Crippen LogP contribution in [0.4, 0.5) is 17.1 Å². The summed E-state index contributed by atoms with van der Waals surface area (Å²) in [5.74, 6) is 0. The van der Waals surface area contributed by atoms with E-state index in [9.17, 15) is 0 Å². The Morgan fingerprint density at radius 3 is 1.62 bits per heavy atom. The molecule has 2 aromatic heterocycles. The van der Waals surface area contributed by atoms with Gasteiger partial charge in [-0.25, -0.2) is 0 Å². The molecule has 11 aromatic rings. The lowest BCUT2D eigenvalue weighted by molar-refractivity contribution is 0.667. The molecule has 0 saturated carbocycles. The van der Waals surface area contributed by atoms with Gasteiger partial charge in [0.1, 0.15) is 16.7 Å². The molecule has 0 bridgehead atoms. The second kappa shape index (κ2) is 12.6. The van der Waals surface area contributed by atoms with Crippen LogP contribution in [0.2, 0.25) is 0 Å².